The summed E-state index contributed by atoms with van der Waals surface area (Å²) in [5.74, 6) is 1.31. The van der Waals surface area contributed by atoms with Gasteiger partial charge in [-0.05, 0) is 56.7 Å². The lowest BCUT2D eigenvalue weighted by molar-refractivity contribution is -0.130. The lowest BCUT2D eigenvalue weighted by atomic mass is 10.1. The van der Waals surface area contributed by atoms with E-state index in [0.29, 0.717) is 25.3 Å². The number of anilines is 1. The summed E-state index contributed by atoms with van der Waals surface area (Å²) in [5.41, 5.74) is 2.09. The van der Waals surface area contributed by atoms with Gasteiger partial charge in [-0.2, -0.15) is 0 Å². The molecule has 0 bridgehead atoms. The van der Waals surface area contributed by atoms with Gasteiger partial charge < -0.3 is 20.4 Å². The Morgan fingerprint density at radius 2 is 1.68 bits per heavy atom. The number of rotatable bonds is 8. The number of likely N-dealkylation sites (tertiary alicyclic amines) is 1. The van der Waals surface area contributed by atoms with Crippen LogP contribution in [-0.2, 0) is 16.1 Å². The molecule has 2 amide bonds. The Morgan fingerprint density at radius 1 is 0.935 bits per heavy atom. The molecule has 0 spiro atoms. The second-order valence-corrected chi connectivity index (χ2v) is 8.34. The van der Waals surface area contributed by atoms with Crippen molar-refractivity contribution in [1.29, 1.82) is 0 Å². The minimum atomic E-state index is 0.220. The molecule has 2 saturated heterocycles. The van der Waals surface area contributed by atoms with Gasteiger partial charge >= 0.3 is 0 Å². The van der Waals surface area contributed by atoms with Gasteiger partial charge in [-0.25, -0.2) is 4.99 Å². The van der Waals surface area contributed by atoms with E-state index in [9.17, 15) is 9.59 Å². The first-order valence-corrected chi connectivity index (χ1v) is 11.9. The molecule has 31 heavy (non-hydrogen) atoms. The van der Waals surface area contributed by atoms with Crippen LogP contribution in [0.1, 0.15) is 63.9 Å². The van der Waals surface area contributed by atoms with Gasteiger partial charge in [0.2, 0.25) is 11.8 Å². The van der Waals surface area contributed by atoms with Crippen LogP contribution in [0.2, 0.25) is 0 Å². The van der Waals surface area contributed by atoms with Crippen LogP contribution in [0.15, 0.2) is 29.3 Å². The molecule has 0 unspecified atom stereocenters. The summed E-state index contributed by atoms with van der Waals surface area (Å²) in [6.07, 6.45) is 7.63. The normalized spacial score (nSPS) is 18.2. The van der Waals surface area contributed by atoms with Crippen molar-refractivity contribution in [3.05, 3.63) is 29.8 Å². The van der Waals surface area contributed by atoms with Crippen LogP contribution in [0, 0.1) is 0 Å². The number of nitrogens with zero attached hydrogens (tertiary/aromatic N) is 3. The third kappa shape index (κ3) is 7.26. The molecule has 0 atom stereocenters. The summed E-state index contributed by atoms with van der Waals surface area (Å²) in [4.78, 5) is 32.8. The monoisotopic (exact) mass is 427 g/mol. The van der Waals surface area contributed by atoms with E-state index in [0.717, 1.165) is 88.5 Å². The van der Waals surface area contributed by atoms with Gasteiger partial charge in [-0.1, -0.05) is 18.6 Å². The first-order valence-electron chi connectivity index (χ1n) is 11.9. The lowest BCUT2D eigenvalue weighted by Gasteiger charge is -2.26. The van der Waals surface area contributed by atoms with E-state index in [1.54, 1.807) is 0 Å². The predicted octanol–water partition coefficient (Wildman–Crippen LogP) is 3.05. The van der Waals surface area contributed by atoms with Gasteiger partial charge in [0.15, 0.2) is 5.96 Å². The number of hydrogen-bond donors (Lipinski definition) is 2. The minimum Gasteiger partial charge on any atom is -0.357 e. The standard InChI is InChI=1S/C24H37N5O2/c1-2-25-24(26-15-8-17-28-16-6-3-4-9-22(28)30)27-19-20-11-13-21(14-12-20)29-18-7-5-10-23(29)31/h11-14H,2-10,15-19H2,1H3,(H2,25,26,27). The molecule has 2 fully saturated rings. The van der Waals surface area contributed by atoms with Gasteiger partial charge in [0.1, 0.15) is 0 Å². The number of nitrogens with one attached hydrogen (secondary N) is 2. The van der Waals surface area contributed by atoms with E-state index in [1.807, 2.05) is 21.9 Å². The summed E-state index contributed by atoms with van der Waals surface area (Å²) in [6.45, 7) is 6.73. The zero-order chi connectivity index (χ0) is 21.9. The van der Waals surface area contributed by atoms with Gasteiger partial charge in [-0.3, -0.25) is 9.59 Å². The van der Waals surface area contributed by atoms with Crippen molar-refractivity contribution in [1.82, 2.24) is 15.5 Å². The molecule has 170 valence electrons. The molecular weight excluding hydrogens is 390 g/mol. The number of benzene rings is 1. The molecular formula is C24H37N5O2. The van der Waals surface area contributed by atoms with Gasteiger partial charge in [0.25, 0.3) is 0 Å². The SMILES string of the molecule is CCNC(=NCc1ccc(N2CCCCC2=O)cc1)NCCCN1CCCCCC1=O. The Labute approximate surface area is 186 Å². The summed E-state index contributed by atoms with van der Waals surface area (Å²) in [5, 5.41) is 6.66. The maximum atomic E-state index is 12.1. The number of hydrogen-bond acceptors (Lipinski definition) is 3. The van der Waals surface area contributed by atoms with Crippen molar-refractivity contribution in [3.8, 4) is 0 Å². The Kier molecular flexibility index (Phi) is 9.18. The van der Waals surface area contributed by atoms with Crippen LogP contribution >= 0.6 is 0 Å². The molecule has 0 radical (unpaired) electrons. The summed E-state index contributed by atoms with van der Waals surface area (Å²) in [6, 6.07) is 8.14. The fourth-order valence-corrected chi connectivity index (χ4v) is 4.12. The van der Waals surface area contributed by atoms with Crippen molar-refractivity contribution in [2.24, 2.45) is 4.99 Å². The minimum absolute atomic E-state index is 0.220. The number of guanidine groups is 1. The molecule has 7 heteroatoms. The number of amides is 2. The van der Waals surface area contributed by atoms with Crippen LogP contribution in [0.3, 0.4) is 0 Å². The van der Waals surface area contributed by atoms with Crippen molar-refractivity contribution in [3.63, 3.8) is 0 Å². The van der Waals surface area contributed by atoms with Crippen LogP contribution in [0.25, 0.3) is 0 Å². The highest BCUT2D eigenvalue weighted by Crippen LogP contribution is 2.21. The molecule has 7 nitrogen and oxygen atoms in total. The Hall–Kier alpha value is -2.57. The molecule has 2 aliphatic rings. The number of aliphatic imine (C=N–C) groups is 1. The third-order valence-electron chi connectivity index (χ3n) is 5.90. The summed E-state index contributed by atoms with van der Waals surface area (Å²) >= 11 is 0. The van der Waals surface area contributed by atoms with Gasteiger partial charge in [0.05, 0.1) is 6.54 Å². The summed E-state index contributed by atoms with van der Waals surface area (Å²) < 4.78 is 0. The largest absolute Gasteiger partial charge is 0.357 e. The number of carbonyl (C=O) groups excluding carboxylic acids is 2. The van der Waals surface area contributed by atoms with Crippen molar-refractivity contribution < 1.29 is 9.59 Å². The van der Waals surface area contributed by atoms with Crippen LogP contribution in [-0.4, -0.2) is 55.4 Å². The average molecular weight is 428 g/mol. The Morgan fingerprint density at radius 3 is 2.45 bits per heavy atom. The molecule has 2 aliphatic heterocycles. The molecule has 0 aromatic heterocycles. The fraction of sp³-hybridized carbons (Fsp3) is 0.625. The lowest BCUT2D eigenvalue weighted by Crippen LogP contribution is -2.39. The first-order chi connectivity index (χ1) is 15.2. The first kappa shape index (κ1) is 23.1. The van der Waals surface area contributed by atoms with Gasteiger partial charge in [0, 0.05) is 51.3 Å². The van der Waals surface area contributed by atoms with E-state index < -0.39 is 0 Å². The summed E-state index contributed by atoms with van der Waals surface area (Å²) in [7, 11) is 0. The van der Waals surface area contributed by atoms with Crippen molar-refractivity contribution in [2.75, 3.05) is 37.6 Å². The van der Waals surface area contributed by atoms with Crippen LogP contribution in [0.4, 0.5) is 5.69 Å². The average Bonchev–Trinajstić information content (AvgIpc) is 2.99. The highest BCUT2D eigenvalue weighted by molar-refractivity contribution is 5.93. The van der Waals surface area contributed by atoms with Crippen LogP contribution in [0.5, 0.6) is 0 Å². The molecule has 3 rings (SSSR count). The fourth-order valence-electron chi connectivity index (χ4n) is 4.12. The zero-order valence-electron chi connectivity index (χ0n) is 18.9. The molecule has 2 heterocycles. The molecule has 2 N–H and O–H groups in total. The Balaban J connectivity index is 1.46. The maximum absolute atomic E-state index is 12.1. The molecule has 1 aromatic rings. The predicted molar refractivity (Wildman–Crippen MR) is 125 cm³/mol. The van der Waals surface area contributed by atoms with E-state index in [1.165, 1.54) is 0 Å². The number of carbonyl (C=O) groups is 2. The van der Waals surface area contributed by atoms with E-state index in [4.69, 9.17) is 0 Å². The zero-order valence-corrected chi connectivity index (χ0v) is 18.9. The third-order valence-corrected chi connectivity index (χ3v) is 5.90. The highest BCUT2D eigenvalue weighted by Gasteiger charge is 2.19. The van der Waals surface area contributed by atoms with E-state index in [2.05, 4.69) is 34.7 Å². The van der Waals surface area contributed by atoms with Crippen molar-refractivity contribution >= 4 is 23.5 Å². The highest BCUT2D eigenvalue weighted by atomic mass is 16.2. The molecule has 0 saturated carbocycles. The topological polar surface area (TPSA) is 77.0 Å². The van der Waals surface area contributed by atoms with E-state index >= 15 is 0 Å². The molecule has 1 aromatic carbocycles. The van der Waals surface area contributed by atoms with Crippen molar-refractivity contribution in [2.45, 2.75) is 64.8 Å². The maximum Gasteiger partial charge on any atom is 0.226 e. The smallest absolute Gasteiger partial charge is 0.226 e. The second-order valence-electron chi connectivity index (χ2n) is 8.34. The Bertz CT molecular complexity index is 747. The van der Waals surface area contributed by atoms with Crippen LogP contribution < -0.4 is 15.5 Å². The quantitative estimate of drug-likeness (QED) is 0.380. The molecule has 0 aliphatic carbocycles. The van der Waals surface area contributed by atoms with Gasteiger partial charge in [-0.15, -0.1) is 0 Å². The van der Waals surface area contributed by atoms with E-state index in [-0.39, 0.29) is 5.91 Å². The number of piperidine rings is 1. The second kappa shape index (κ2) is 12.3.